The van der Waals surface area contributed by atoms with Crippen molar-refractivity contribution in [2.24, 2.45) is 0 Å². The van der Waals surface area contributed by atoms with Crippen LogP contribution in [-0.2, 0) is 9.53 Å². The monoisotopic (exact) mass is 364 g/mol. The predicted molar refractivity (Wildman–Crippen MR) is 101 cm³/mol. The van der Waals surface area contributed by atoms with Crippen LogP contribution in [0.2, 0.25) is 0 Å². The summed E-state index contributed by atoms with van der Waals surface area (Å²) < 4.78 is 10.2. The summed E-state index contributed by atoms with van der Waals surface area (Å²) in [5, 5.41) is 11.8. The number of methoxy groups -OCH3 is 1. The normalized spacial score (nSPS) is 10.8. The van der Waals surface area contributed by atoms with Crippen LogP contribution in [0, 0.1) is 18.3 Å². The Hall–Kier alpha value is -3.43. The van der Waals surface area contributed by atoms with Crippen LogP contribution in [0.5, 0.6) is 5.75 Å². The Morgan fingerprint density at radius 3 is 2.48 bits per heavy atom. The van der Waals surface area contributed by atoms with Gasteiger partial charge in [0, 0.05) is 13.7 Å². The van der Waals surface area contributed by atoms with Gasteiger partial charge in [0.15, 0.2) is 0 Å². The van der Waals surface area contributed by atoms with Gasteiger partial charge in [0.1, 0.15) is 17.4 Å². The number of ether oxygens (including phenoxy) is 2. The Balaban J connectivity index is 2.05. The molecule has 0 radical (unpaired) electrons. The fourth-order valence-corrected chi connectivity index (χ4v) is 2.27. The number of amides is 1. The SMILES string of the molecule is COCCNC(=O)/C(C#N)=C/c1ccc(OC(=O)c2ccccc2C)cc1. The lowest BCUT2D eigenvalue weighted by Gasteiger charge is -2.07. The average Bonchev–Trinajstić information content (AvgIpc) is 2.67. The van der Waals surface area contributed by atoms with Gasteiger partial charge in [-0.3, -0.25) is 4.79 Å². The summed E-state index contributed by atoms with van der Waals surface area (Å²) in [4.78, 5) is 24.1. The van der Waals surface area contributed by atoms with Gasteiger partial charge in [0.2, 0.25) is 0 Å². The molecule has 0 aliphatic heterocycles. The number of aryl methyl sites for hydroxylation is 1. The zero-order valence-electron chi connectivity index (χ0n) is 15.2. The fraction of sp³-hybridized carbons (Fsp3) is 0.190. The highest BCUT2D eigenvalue weighted by molar-refractivity contribution is 6.01. The summed E-state index contributed by atoms with van der Waals surface area (Å²) in [5.41, 5.74) is 1.96. The van der Waals surface area contributed by atoms with Crippen molar-refractivity contribution in [3.63, 3.8) is 0 Å². The van der Waals surface area contributed by atoms with Crippen LogP contribution in [0.1, 0.15) is 21.5 Å². The Morgan fingerprint density at radius 2 is 1.85 bits per heavy atom. The molecule has 0 aromatic heterocycles. The fourth-order valence-electron chi connectivity index (χ4n) is 2.27. The van der Waals surface area contributed by atoms with E-state index < -0.39 is 11.9 Å². The highest BCUT2D eigenvalue weighted by Gasteiger charge is 2.11. The molecule has 6 heteroatoms. The highest BCUT2D eigenvalue weighted by atomic mass is 16.5. The van der Waals surface area contributed by atoms with E-state index in [1.54, 1.807) is 36.4 Å². The second kappa shape index (κ2) is 9.90. The lowest BCUT2D eigenvalue weighted by atomic mass is 10.1. The molecule has 0 saturated carbocycles. The first-order valence-corrected chi connectivity index (χ1v) is 8.32. The van der Waals surface area contributed by atoms with Crippen molar-refractivity contribution < 1.29 is 19.1 Å². The molecular weight excluding hydrogens is 344 g/mol. The Kier molecular flexibility index (Phi) is 7.29. The van der Waals surface area contributed by atoms with Gasteiger partial charge in [-0.1, -0.05) is 30.3 Å². The lowest BCUT2D eigenvalue weighted by Crippen LogP contribution is -2.27. The third kappa shape index (κ3) is 5.80. The molecule has 2 aromatic rings. The number of rotatable bonds is 7. The van der Waals surface area contributed by atoms with E-state index in [9.17, 15) is 9.59 Å². The van der Waals surface area contributed by atoms with Crippen molar-refractivity contribution in [3.8, 4) is 11.8 Å². The second-order valence-corrected chi connectivity index (χ2v) is 5.69. The number of benzene rings is 2. The van der Waals surface area contributed by atoms with Crippen molar-refractivity contribution in [1.29, 1.82) is 5.26 Å². The molecule has 2 rings (SSSR count). The number of carbonyl (C=O) groups is 2. The lowest BCUT2D eigenvalue weighted by molar-refractivity contribution is -0.117. The van der Waals surface area contributed by atoms with Crippen molar-refractivity contribution in [1.82, 2.24) is 5.32 Å². The summed E-state index contributed by atoms with van der Waals surface area (Å²) in [6.45, 7) is 2.53. The predicted octanol–water partition coefficient (Wildman–Crippen LogP) is 2.88. The molecule has 2 aromatic carbocycles. The second-order valence-electron chi connectivity index (χ2n) is 5.69. The first-order chi connectivity index (χ1) is 13.0. The molecule has 0 unspecified atom stereocenters. The number of carbonyl (C=O) groups excluding carboxylic acids is 2. The van der Waals surface area contributed by atoms with Crippen LogP contribution in [-0.4, -0.2) is 32.1 Å². The van der Waals surface area contributed by atoms with E-state index >= 15 is 0 Å². The van der Waals surface area contributed by atoms with Gasteiger partial charge < -0.3 is 14.8 Å². The molecule has 0 aliphatic rings. The van der Waals surface area contributed by atoms with E-state index in [1.807, 2.05) is 25.1 Å². The molecule has 0 aliphatic carbocycles. The molecule has 0 heterocycles. The van der Waals surface area contributed by atoms with E-state index in [1.165, 1.54) is 13.2 Å². The van der Waals surface area contributed by atoms with Crippen molar-refractivity contribution in [2.75, 3.05) is 20.3 Å². The third-order valence-corrected chi connectivity index (χ3v) is 3.72. The van der Waals surface area contributed by atoms with Crippen LogP contribution in [0.25, 0.3) is 6.08 Å². The first-order valence-electron chi connectivity index (χ1n) is 8.32. The van der Waals surface area contributed by atoms with Crippen molar-refractivity contribution in [3.05, 3.63) is 70.8 Å². The molecule has 0 fully saturated rings. The first kappa shape index (κ1) is 19.9. The minimum Gasteiger partial charge on any atom is -0.423 e. The number of nitrogens with one attached hydrogen (secondary N) is 1. The van der Waals surface area contributed by atoms with Crippen molar-refractivity contribution in [2.45, 2.75) is 6.92 Å². The molecular formula is C21H20N2O4. The zero-order chi connectivity index (χ0) is 19.6. The quantitative estimate of drug-likeness (QED) is 0.268. The van der Waals surface area contributed by atoms with E-state index in [0.717, 1.165) is 5.56 Å². The number of hydrogen-bond acceptors (Lipinski definition) is 5. The van der Waals surface area contributed by atoms with Gasteiger partial charge in [-0.25, -0.2) is 4.79 Å². The molecule has 6 nitrogen and oxygen atoms in total. The summed E-state index contributed by atoms with van der Waals surface area (Å²) in [5.74, 6) is -0.528. The molecule has 0 spiro atoms. The molecule has 0 atom stereocenters. The summed E-state index contributed by atoms with van der Waals surface area (Å²) in [6.07, 6.45) is 1.47. The number of hydrogen-bond donors (Lipinski definition) is 1. The number of nitriles is 1. The topological polar surface area (TPSA) is 88.4 Å². The van der Waals surface area contributed by atoms with Gasteiger partial charge in [0.05, 0.1) is 12.2 Å². The third-order valence-electron chi connectivity index (χ3n) is 3.72. The summed E-state index contributed by atoms with van der Waals surface area (Å²) in [7, 11) is 1.53. The Bertz CT molecular complexity index is 880. The largest absolute Gasteiger partial charge is 0.423 e. The number of esters is 1. The summed E-state index contributed by atoms with van der Waals surface area (Å²) in [6, 6.07) is 15.6. The average molecular weight is 364 g/mol. The number of nitrogens with zero attached hydrogens (tertiary/aromatic N) is 1. The van der Waals surface area contributed by atoms with Crippen LogP contribution >= 0.6 is 0 Å². The van der Waals surface area contributed by atoms with Crippen LogP contribution < -0.4 is 10.1 Å². The van der Waals surface area contributed by atoms with Crippen LogP contribution in [0.15, 0.2) is 54.1 Å². The molecule has 27 heavy (non-hydrogen) atoms. The smallest absolute Gasteiger partial charge is 0.343 e. The standard InChI is InChI=1S/C21H20N2O4/c1-15-5-3-4-6-19(15)21(25)27-18-9-7-16(8-10-18)13-17(14-22)20(24)23-11-12-26-2/h3-10,13H,11-12H2,1-2H3,(H,23,24)/b17-13+. The van der Waals surface area contributed by atoms with E-state index in [4.69, 9.17) is 14.7 Å². The molecule has 0 bridgehead atoms. The molecule has 1 amide bonds. The maximum atomic E-state index is 12.2. The minimum absolute atomic E-state index is 0.0178. The summed E-state index contributed by atoms with van der Waals surface area (Å²) >= 11 is 0. The maximum absolute atomic E-state index is 12.2. The van der Waals surface area contributed by atoms with Gasteiger partial charge in [-0.2, -0.15) is 5.26 Å². The molecule has 1 N–H and O–H groups in total. The van der Waals surface area contributed by atoms with Gasteiger partial charge in [0.25, 0.3) is 5.91 Å². The van der Waals surface area contributed by atoms with E-state index in [0.29, 0.717) is 30.0 Å². The Morgan fingerprint density at radius 1 is 1.15 bits per heavy atom. The van der Waals surface area contributed by atoms with Crippen molar-refractivity contribution >= 4 is 18.0 Å². The Labute approximate surface area is 158 Å². The van der Waals surface area contributed by atoms with Gasteiger partial charge in [-0.15, -0.1) is 0 Å². The highest BCUT2D eigenvalue weighted by Crippen LogP contribution is 2.17. The van der Waals surface area contributed by atoms with Gasteiger partial charge >= 0.3 is 5.97 Å². The van der Waals surface area contributed by atoms with Crippen LogP contribution in [0.4, 0.5) is 0 Å². The van der Waals surface area contributed by atoms with E-state index in [2.05, 4.69) is 5.32 Å². The van der Waals surface area contributed by atoms with Gasteiger partial charge in [-0.05, 0) is 42.3 Å². The zero-order valence-corrected chi connectivity index (χ0v) is 15.2. The molecule has 0 saturated heterocycles. The van der Waals surface area contributed by atoms with Crippen LogP contribution in [0.3, 0.4) is 0 Å². The maximum Gasteiger partial charge on any atom is 0.343 e. The minimum atomic E-state index is -0.468. The van der Waals surface area contributed by atoms with E-state index in [-0.39, 0.29) is 5.57 Å². The molecule has 138 valence electrons.